The third-order valence-electron chi connectivity index (χ3n) is 4.51. The molecule has 6 heteroatoms. The van der Waals surface area contributed by atoms with Gasteiger partial charge in [-0.2, -0.15) is 0 Å². The fourth-order valence-electron chi connectivity index (χ4n) is 3.03. The van der Waals surface area contributed by atoms with Gasteiger partial charge in [0.2, 0.25) is 0 Å². The van der Waals surface area contributed by atoms with Gasteiger partial charge in [-0.05, 0) is 31.5 Å². The molecule has 138 valence electrons. The third-order valence-corrected chi connectivity index (χ3v) is 5.53. The number of ether oxygens (including phenoxy) is 1. The standard InChI is InChI=1S/C21H21N3O2S/c1-14-4-6-15(7-5-14)17-13-24-18-9-8-16(12-19(18)27-21(24)23-17)20(25)22-10-3-11-26-2/h4-9,12-13H,3,10-11H2,1-2H3,(H,22,25). The van der Waals surface area contributed by atoms with E-state index in [1.54, 1.807) is 18.4 Å². The molecule has 0 unspecified atom stereocenters. The lowest BCUT2D eigenvalue weighted by molar-refractivity contribution is 0.0949. The molecule has 2 aromatic carbocycles. The molecule has 2 heterocycles. The number of nitrogens with zero attached hydrogens (tertiary/aromatic N) is 2. The van der Waals surface area contributed by atoms with Crippen molar-refractivity contribution < 1.29 is 9.53 Å². The van der Waals surface area contributed by atoms with Gasteiger partial charge in [0.05, 0.1) is 15.9 Å². The summed E-state index contributed by atoms with van der Waals surface area (Å²) in [6.07, 6.45) is 2.86. The van der Waals surface area contributed by atoms with E-state index in [1.165, 1.54) is 5.56 Å². The molecule has 4 rings (SSSR count). The molecule has 5 nitrogen and oxygen atoms in total. The molecular weight excluding hydrogens is 358 g/mol. The summed E-state index contributed by atoms with van der Waals surface area (Å²) in [5.74, 6) is -0.0561. The molecular formula is C21H21N3O2S. The summed E-state index contributed by atoms with van der Waals surface area (Å²) in [6, 6.07) is 14.2. The van der Waals surface area contributed by atoms with Crippen molar-refractivity contribution >= 4 is 32.4 Å². The van der Waals surface area contributed by atoms with E-state index in [0.717, 1.165) is 32.9 Å². The SMILES string of the molecule is COCCCNC(=O)c1ccc2c(c1)sc1nc(-c3ccc(C)cc3)cn12. The molecule has 0 atom stereocenters. The molecule has 0 aliphatic carbocycles. The van der Waals surface area contributed by atoms with Gasteiger partial charge in [-0.1, -0.05) is 41.2 Å². The van der Waals surface area contributed by atoms with Gasteiger partial charge in [0.15, 0.2) is 4.96 Å². The molecule has 0 spiro atoms. The number of rotatable bonds is 6. The second kappa shape index (κ2) is 7.50. The highest BCUT2D eigenvalue weighted by atomic mass is 32.1. The van der Waals surface area contributed by atoms with Crippen LogP contribution in [0.1, 0.15) is 22.3 Å². The maximum absolute atomic E-state index is 12.3. The summed E-state index contributed by atoms with van der Waals surface area (Å²) in [7, 11) is 1.66. The second-order valence-corrected chi connectivity index (χ2v) is 7.54. The Morgan fingerprint density at radius 1 is 1.22 bits per heavy atom. The third kappa shape index (κ3) is 3.59. The van der Waals surface area contributed by atoms with Crippen LogP contribution < -0.4 is 5.32 Å². The zero-order chi connectivity index (χ0) is 18.8. The first kappa shape index (κ1) is 17.7. The van der Waals surface area contributed by atoms with E-state index in [4.69, 9.17) is 9.72 Å². The molecule has 0 radical (unpaired) electrons. The minimum atomic E-state index is -0.0561. The van der Waals surface area contributed by atoms with E-state index >= 15 is 0 Å². The van der Waals surface area contributed by atoms with Crippen molar-refractivity contribution in [3.8, 4) is 11.3 Å². The van der Waals surface area contributed by atoms with Crippen molar-refractivity contribution in [2.24, 2.45) is 0 Å². The van der Waals surface area contributed by atoms with Gasteiger partial charge in [0.25, 0.3) is 5.91 Å². The van der Waals surface area contributed by atoms with Crippen LogP contribution in [0.5, 0.6) is 0 Å². The number of carbonyl (C=O) groups is 1. The number of thiazole rings is 1. The molecule has 4 aromatic rings. The van der Waals surface area contributed by atoms with Gasteiger partial charge < -0.3 is 10.1 Å². The Balaban J connectivity index is 1.60. The van der Waals surface area contributed by atoms with Gasteiger partial charge in [-0.25, -0.2) is 4.98 Å². The number of carbonyl (C=O) groups excluding carboxylic acids is 1. The van der Waals surface area contributed by atoms with Crippen molar-refractivity contribution in [1.82, 2.24) is 14.7 Å². The number of amides is 1. The number of aromatic nitrogens is 2. The Bertz CT molecular complexity index is 1100. The minimum absolute atomic E-state index is 0.0561. The monoisotopic (exact) mass is 379 g/mol. The first-order chi connectivity index (χ1) is 13.2. The molecule has 1 amide bonds. The van der Waals surface area contributed by atoms with Gasteiger partial charge in [0.1, 0.15) is 0 Å². The van der Waals surface area contributed by atoms with E-state index in [-0.39, 0.29) is 5.91 Å². The fourth-order valence-corrected chi connectivity index (χ4v) is 4.07. The Morgan fingerprint density at radius 3 is 2.81 bits per heavy atom. The summed E-state index contributed by atoms with van der Waals surface area (Å²) in [4.78, 5) is 18.0. The Morgan fingerprint density at radius 2 is 2.04 bits per heavy atom. The maximum atomic E-state index is 12.3. The lowest BCUT2D eigenvalue weighted by atomic mass is 10.1. The average molecular weight is 379 g/mol. The van der Waals surface area contributed by atoms with E-state index < -0.39 is 0 Å². The van der Waals surface area contributed by atoms with E-state index in [9.17, 15) is 4.79 Å². The first-order valence-corrected chi connectivity index (χ1v) is 9.73. The van der Waals surface area contributed by atoms with Crippen molar-refractivity contribution in [2.45, 2.75) is 13.3 Å². The van der Waals surface area contributed by atoms with Crippen LogP contribution in [0.25, 0.3) is 26.4 Å². The summed E-state index contributed by atoms with van der Waals surface area (Å²) >= 11 is 1.60. The van der Waals surface area contributed by atoms with Crippen LogP contribution in [0.4, 0.5) is 0 Å². The van der Waals surface area contributed by atoms with Crippen molar-refractivity contribution in [3.63, 3.8) is 0 Å². The highest BCUT2D eigenvalue weighted by molar-refractivity contribution is 7.23. The molecule has 0 bridgehead atoms. The number of hydrogen-bond acceptors (Lipinski definition) is 4. The van der Waals surface area contributed by atoms with Gasteiger partial charge in [0, 0.05) is 37.6 Å². The summed E-state index contributed by atoms with van der Waals surface area (Å²) in [5, 5.41) is 2.92. The fraction of sp³-hybridized carbons (Fsp3) is 0.238. The molecule has 1 N–H and O–H groups in total. The van der Waals surface area contributed by atoms with E-state index in [2.05, 4.69) is 47.1 Å². The highest BCUT2D eigenvalue weighted by Gasteiger charge is 2.13. The van der Waals surface area contributed by atoms with Gasteiger partial charge in [-0.15, -0.1) is 0 Å². The molecule has 0 aliphatic rings. The van der Waals surface area contributed by atoms with Crippen molar-refractivity contribution in [2.75, 3.05) is 20.3 Å². The number of imidazole rings is 1. The first-order valence-electron chi connectivity index (χ1n) is 8.91. The summed E-state index contributed by atoms with van der Waals surface area (Å²) in [5.41, 5.74) is 5.04. The number of fused-ring (bicyclic) bond motifs is 3. The Kier molecular flexibility index (Phi) is 4.92. The number of aryl methyl sites for hydroxylation is 1. The lowest BCUT2D eigenvalue weighted by Crippen LogP contribution is -2.25. The minimum Gasteiger partial charge on any atom is -0.385 e. The Hall–Kier alpha value is -2.70. The predicted octanol–water partition coefficient (Wildman–Crippen LogP) is 4.29. The summed E-state index contributed by atoms with van der Waals surface area (Å²) in [6.45, 7) is 3.33. The van der Waals surface area contributed by atoms with E-state index in [0.29, 0.717) is 18.7 Å². The quantitative estimate of drug-likeness (QED) is 0.509. The zero-order valence-corrected chi connectivity index (χ0v) is 16.2. The van der Waals surface area contributed by atoms with Crippen LogP contribution in [0.2, 0.25) is 0 Å². The molecule has 27 heavy (non-hydrogen) atoms. The number of benzene rings is 2. The van der Waals surface area contributed by atoms with Crippen LogP contribution in [0, 0.1) is 6.92 Å². The van der Waals surface area contributed by atoms with Crippen LogP contribution in [0.15, 0.2) is 48.7 Å². The smallest absolute Gasteiger partial charge is 0.251 e. The second-order valence-electron chi connectivity index (χ2n) is 6.53. The molecule has 0 aliphatic heterocycles. The van der Waals surface area contributed by atoms with Crippen LogP contribution in [-0.4, -0.2) is 35.6 Å². The maximum Gasteiger partial charge on any atom is 0.251 e. The molecule has 0 saturated carbocycles. The molecule has 0 fully saturated rings. The van der Waals surface area contributed by atoms with Crippen LogP contribution in [0.3, 0.4) is 0 Å². The lowest BCUT2D eigenvalue weighted by Gasteiger charge is -2.05. The largest absolute Gasteiger partial charge is 0.385 e. The van der Waals surface area contributed by atoms with Crippen molar-refractivity contribution in [1.29, 1.82) is 0 Å². The number of methoxy groups -OCH3 is 1. The van der Waals surface area contributed by atoms with Gasteiger partial charge >= 0.3 is 0 Å². The molecule has 2 aromatic heterocycles. The average Bonchev–Trinajstić information content (AvgIpc) is 3.23. The Labute approximate surface area is 161 Å². The highest BCUT2D eigenvalue weighted by Crippen LogP contribution is 2.30. The predicted molar refractivity (Wildman–Crippen MR) is 110 cm³/mol. The zero-order valence-electron chi connectivity index (χ0n) is 15.4. The number of nitrogens with one attached hydrogen (secondary N) is 1. The number of hydrogen-bond donors (Lipinski definition) is 1. The normalized spacial score (nSPS) is 11.3. The van der Waals surface area contributed by atoms with E-state index in [1.807, 2.05) is 18.2 Å². The summed E-state index contributed by atoms with van der Waals surface area (Å²) < 4.78 is 8.15. The van der Waals surface area contributed by atoms with Crippen LogP contribution in [-0.2, 0) is 4.74 Å². The topological polar surface area (TPSA) is 55.6 Å². The van der Waals surface area contributed by atoms with Gasteiger partial charge in [-0.3, -0.25) is 9.20 Å². The van der Waals surface area contributed by atoms with Crippen LogP contribution >= 0.6 is 11.3 Å². The van der Waals surface area contributed by atoms with Crippen molar-refractivity contribution in [3.05, 3.63) is 59.8 Å². The molecule has 0 saturated heterocycles.